The number of carbonyl (C=O) groups excluding carboxylic acids is 1. The molecule has 0 atom stereocenters. The maximum absolute atomic E-state index is 12.0. The third kappa shape index (κ3) is 3.04. The van der Waals surface area contributed by atoms with E-state index in [4.69, 9.17) is 0 Å². The van der Waals surface area contributed by atoms with E-state index in [2.05, 4.69) is 21.2 Å². The van der Waals surface area contributed by atoms with Crippen LogP contribution in [0, 0.1) is 5.92 Å². The SMILES string of the molecule is C=CC(=O)OCC(OF)(OF)C(C)C. The molecule has 0 heterocycles. The molecule has 82 valence electrons. The van der Waals surface area contributed by atoms with E-state index in [-0.39, 0.29) is 0 Å². The van der Waals surface area contributed by atoms with Crippen LogP contribution in [0.3, 0.4) is 0 Å². The topological polar surface area (TPSA) is 44.8 Å². The first-order chi connectivity index (χ1) is 6.52. The zero-order valence-corrected chi connectivity index (χ0v) is 7.96. The first-order valence-corrected chi connectivity index (χ1v) is 3.91. The van der Waals surface area contributed by atoms with Gasteiger partial charge in [-0.2, -0.15) is 9.88 Å². The van der Waals surface area contributed by atoms with Crippen LogP contribution in [0.2, 0.25) is 0 Å². The highest BCUT2D eigenvalue weighted by molar-refractivity contribution is 5.81. The molecule has 0 aliphatic heterocycles. The van der Waals surface area contributed by atoms with E-state index >= 15 is 0 Å². The highest BCUT2D eigenvalue weighted by Crippen LogP contribution is 2.25. The Kier molecular flexibility index (Phi) is 5.26. The van der Waals surface area contributed by atoms with Crippen LogP contribution in [-0.4, -0.2) is 18.4 Å². The van der Waals surface area contributed by atoms with E-state index in [1.54, 1.807) is 0 Å². The lowest BCUT2D eigenvalue weighted by Crippen LogP contribution is -2.42. The second-order valence-corrected chi connectivity index (χ2v) is 2.93. The lowest BCUT2D eigenvalue weighted by atomic mass is 10.0. The van der Waals surface area contributed by atoms with Crippen molar-refractivity contribution >= 4 is 5.97 Å². The van der Waals surface area contributed by atoms with E-state index in [0.29, 0.717) is 0 Å². The molecule has 0 unspecified atom stereocenters. The van der Waals surface area contributed by atoms with Crippen LogP contribution < -0.4 is 0 Å². The average molecular weight is 210 g/mol. The summed E-state index contributed by atoms with van der Waals surface area (Å²) < 4.78 is 28.5. The second-order valence-electron chi connectivity index (χ2n) is 2.93. The Bertz CT molecular complexity index is 202. The van der Waals surface area contributed by atoms with E-state index in [9.17, 15) is 13.8 Å². The lowest BCUT2D eigenvalue weighted by molar-refractivity contribution is -0.434. The normalized spacial score (nSPS) is 11.5. The van der Waals surface area contributed by atoms with Gasteiger partial charge in [-0.05, 0) is 9.05 Å². The maximum atomic E-state index is 12.0. The average Bonchev–Trinajstić information content (AvgIpc) is 2.19. The molecule has 0 amide bonds. The fraction of sp³-hybridized carbons (Fsp3) is 0.625. The summed E-state index contributed by atoms with van der Waals surface area (Å²) in [4.78, 5) is 17.3. The summed E-state index contributed by atoms with van der Waals surface area (Å²) in [7, 11) is 0. The number of ether oxygens (including phenoxy) is 1. The van der Waals surface area contributed by atoms with Crippen molar-refractivity contribution in [3.8, 4) is 0 Å². The number of hydrogen-bond acceptors (Lipinski definition) is 4. The van der Waals surface area contributed by atoms with Crippen molar-refractivity contribution in [3.63, 3.8) is 0 Å². The number of rotatable bonds is 6. The predicted octanol–water partition coefficient (Wildman–Crippen LogP) is 1.87. The molecular formula is C8H12F2O4. The van der Waals surface area contributed by atoms with Gasteiger partial charge in [-0.3, -0.25) is 0 Å². The van der Waals surface area contributed by atoms with E-state index in [1.165, 1.54) is 13.8 Å². The predicted molar refractivity (Wildman–Crippen MR) is 43.1 cm³/mol. The molecule has 0 N–H and O–H groups in total. The minimum atomic E-state index is -2.21. The van der Waals surface area contributed by atoms with Crippen molar-refractivity contribution in [2.45, 2.75) is 19.6 Å². The molecule has 6 heteroatoms. The standard InChI is InChI=1S/C8H12F2O4/c1-4-7(11)12-5-8(13-9,14-10)6(2)3/h4,6H,1,5H2,2-3H3. The fourth-order valence-corrected chi connectivity index (χ4v) is 0.632. The zero-order chi connectivity index (χ0) is 11.2. The minimum absolute atomic E-state index is 0.671. The summed E-state index contributed by atoms with van der Waals surface area (Å²) in [5, 5.41) is 0. The van der Waals surface area contributed by atoms with Gasteiger partial charge in [-0.1, -0.05) is 20.4 Å². The first-order valence-electron chi connectivity index (χ1n) is 3.91. The van der Waals surface area contributed by atoms with Gasteiger partial charge < -0.3 is 4.74 Å². The lowest BCUT2D eigenvalue weighted by Gasteiger charge is -2.26. The van der Waals surface area contributed by atoms with Crippen molar-refractivity contribution in [3.05, 3.63) is 12.7 Å². The molecule has 0 saturated carbocycles. The van der Waals surface area contributed by atoms with E-state index in [1.807, 2.05) is 0 Å². The van der Waals surface area contributed by atoms with Gasteiger partial charge in [-0.15, -0.1) is 0 Å². The Labute approximate surface area is 80.2 Å². The van der Waals surface area contributed by atoms with Crippen LogP contribution in [0.1, 0.15) is 13.8 Å². The molecule has 4 nitrogen and oxygen atoms in total. The number of carbonyl (C=O) groups is 1. The molecular weight excluding hydrogens is 198 g/mol. The minimum Gasteiger partial charge on any atom is -0.457 e. The summed E-state index contributed by atoms with van der Waals surface area (Å²) in [6, 6.07) is 0. The molecule has 0 saturated heterocycles. The zero-order valence-electron chi connectivity index (χ0n) is 7.96. The maximum Gasteiger partial charge on any atom is 0.330 e. The summed E-state index contributed by atoms with van der Waals surface area (Å²) in [6.07, 6.45) is 0.863. The van der Waals surface area contributed by atoms with Crippen LogP contribution in [0.25, 0.3) is 0 Å². The number of hydrogen-bond donors (Lipinski definition) is 0. The molecule has 0 aromatic rings. The van der Waals surface area contributed by atoms with Crippen LogP contribution >= 0.6 is 0 Å². The number of halogens is 2. The highest BCUT2D eigenvalue weighted by atomic mass is 19.3. The molecule has 0 aromatic carbocycles. The van der Waals surface area contributed by atoms with E-state index < -0.39 is 24.3 Å². The van der Waals surface area contributed by atoms with Gasteiger partial charge in [0.15, 0.2) is 6.61 Å². The van der Waals surface area contributed by atoms with Crippen molar-refractivity contribution in [1.82, 2.24) is 0 Å². The Morgan fingerprint density at radius 1 is 1.50 bits per heavy atom. The van der Waals surface area contributed by atoms with Gasteiger partial charge in [-0.25, -0.2) is 4.79 Å². The molecule has 0 aromatic heterocycles. The molecule has 0 rings (SSSR count). The fourth-order valence-electron chi connectivity index (χ4n) is 0.632. The molecule has 14 heavy (non-hydrogen) atoms. The molecule has 0 aliphatic rings. The summed E-state index contributed by atoms with van der Waals surface area (Å²) in [5.74, 6) is -3.70. The Hall–Kier alpha value is -1.01. The summed E-state index contributed by atoms with van der Waals surface area (Å²) >= 11 is 0. The highest BCUT2D eigenvalue weighted by Gasteiger charge is 2.41. The van der Waals surface area contributed by atoms with E-state index in [0.717, 1.165) is 6.08 Å². The third-order valence-electron chi connectivity index (χ3n) is 1.72. The van der Waals surface area contributed by atoms with Crippen molar-refractivity contribution < 1.29 is 28.5 Å². The number of esters is 1. The Morgan fingerprint density at radius 3 is 2.29 bits per heavy atom. The molecule has 0 fully saturated rings. The quantitative estimate of drug-likeness (QED) is 0.381. The Balaban J connectivity index is 4.36. The summed E-state index contributed by atoms with van der Waals surface area (Å²) in [6.45, 7) is 5.31. The van der Waals surface area contributed by atoms with Crippen LogP contribution in [-0.2, 0) is 19.4 Å². The third-order valence-corrected chi connectivity index (χ3v) is 1.72. The monoisotopic (exact) mass is 210 g/mol. The molecule has 0 bridgehead atoms. The largest absolute Gasteiger partial charge is 0.457 e. The molecule has 0 radical (unpaired) electrons. The first kappa shape index (κ1) is 13.0. The van der Waals surface area contributed by atoms with Gasteiger partial charge in [0.1, 0.15) is 0 Å². The van der Waals surface area contributed by atoms with Gasteiger partial charge >= 0.3 is 5.97 Å². The molecule has 0 aliphatic carbocycles. The van der Waals surface area contributed by atoms with Crippen molar-refractivity contribution in [2.24, 2.45) is 5.92 Å². The van der Waals surface area contributed by atoms with Crippen LogP contribution in [0.15, 0.2) is 12.7 Å². The van der Waals surface area contributed by atoms with Gasteiger partial charge in [0, 0.05) is 12.0 Å². The van der Waals surface area contributed by atoms with Crippen LogP contribution in [0.4, 0.5) is 9.05 Å². The summed E-state index contributed by atoms with van der Waals surface area (Å²) in [5.41, 5.74) is 0. The van der Waals surface area contributed by atoms with Crippen LogP contribution in [0.5, 0.6) is 0 Å². The Morgan fingerprint density at radius 2 is 2.00 bits per heavy atom. The van der Waals surface area contributed by atoms with Crippen molar-refractivity contribution in [2.75, 3.05) is 6.61 Å². The second kappa shape index (κ2) is 5.66. The van der Waals surface area contributed by atoms with Crippen molar-refractivity contribution in [1.29, 1.82) is 0 Å². The van der Waals surface area contributed by atoms with Gasteiger partial charge in [0.05, 0.1) is 0 Å². The van der Waals surface area contributed by atoms with Gasteiger partial charge in [0.2, 0.25) is 0 Å². The van der Waals surface area contributed by atoms with Gasteiger partial charge in [0.25, 0.3) is 5.79 Å². The molecule has 0 spiro atoms. The smallest absolute Gasteiger partial charge is 0.330 e.